The molecule has 2 rings (SSSR count). The van der Waals surface area contributed by atoms with Crippen LogP contribution in [0.3, 0.4) is 0 Å². The molecule has 1 N–H and O–H groups in total. The highest BCUT2D eigenvalue weighted by Gasteiger charge is 2.37. The molecule has 1 aliphatic carbocycles. The third-order valence-corrected chi connectivity index (χ3v) is 4.84. The van der Waals surface area contributed by atoms with Gasteiger partial charge in [-0.15, -0.1) is 0 Å². The van der Waals surface area contributed by atoms with E-state index in [0.717, 1.165) is 0 Å². The average molecular weight is 252 g/mol. The van der Waals surface area contributed by atoms with Gasteiger partial charge in [-0.2, -0.15) is 0 Å². The Balaban J connectivity index is 1.58. The van der Waals surface area contributed by atoms with Crippen LogP contribution < -0.4 is 5.32 Å². The molecule has 0 bridgehead atoms. The highest BCUT2D eigenvalue weighted by atomic mass is 15.2. The third-order valence-electron chi connectivity index (χ3n) is 4.84. The summed E-state index contributed by atoms with van der Waals surface area (Å²) in [6.07, 6.45) is 14.3. The van der Waals surface area contributed by atoms with Crippen molar-refractivity contribution >= 4 is 0 Å². The van der Waals surface area contributed by atoms with Crippen molar-refractivity contribution < 1.29 is 0 Å². The van der Waals surface area contributed by atoms with Crippen LogP contribution in [0.2, 0.25) is 0 Å². The summed E-state index contributed by atoms with van der Waals surface area (Å²) in [6.45, 7) is 7.45. The molecule has 0 aromatic carbocycles. The maximum Gasteiger partial charge on any atom is 0.0309 e. The molecular formula is C16H32N2. The SMILES string of the molecule is CCCCCCCCN1CCNC2(CCCC2)C1. The molecule has 1 saturated heterocycles. The monoisotopic (exact) mass is 252 g/mol. The second-order valence-corrected chi connectivity index (χ2v) is 6.46. The largest absolute Gasteiger partial charge is 0.309 e. The highest BCUT2D eigenvalue weighted by molar-refractivity contribution is 4.97. The summed E-state index contributed by atoms with van der Waals surface area (Å²) in [6, 6.07) is 0. The summed E-state index contributed by atoms with van der Waals surface area (Å²) in [7, 11) is 0. The lowest BCUT2D eigenvalue weighted by molar-refractivity contribution is 0.133. The van der Waals surface area contributed by atoms with Gasteiger partial charge in [-0.25, -0.2) is 0 Å². The number of piperazine rings is 1. The molecule has 2 fully saturated rings. The van der Waals surface area contributed by atoms with E-state index in [2.05, 4.69) is 17.1 Å². The quantitative estimate of drug-likeness (QED) is 0.697. The minimum Gasteiger partial charge on any atom is -0.309 e. The van der Waals surface area contributed by atoms with E-state index in [0.29, 0.717) is 5.54 Å². The van der Waals surface area contributed by atoms with E-state index in [9.17, 15) is 0 Å². The fourth-order valence-electron chi connectivity index (χ4n) is 3.74. The molecule has 1 heterocycles. The predicted octanol–water partition coefficient (Wildman–Crippen LogP) is 3.56. The molecule has 0 unspecified atom stereocenters. The van der Waals surface area contributed by atoms with Gasteiger partial charge in [0.25, 0.3) is 0 Å². The summed E-state index contributed by atoms with van der Waals surface area (Å²) < 4.78 is 0. The predicted molar refractivity (Wildman–Crippen MR) is 79.0 cm³/mol. The smallest absolute Gasteiger partial charge is 0.0309 e. The Hall–Kier alpha value is -0.0800. The van der Waals surface area contributed by atoms with Crippen molar-refractivity contribution in [2.75, 3.05) is 26.2 Å². The molecule has 18 heavy (non-hydrogen) atoms. The van der Waals surface area contributed by atoms with Crippen molar-refractivity contribution in [1.29, 1.82) is 0 Å². The molecule has 0 radical (unpaired) electrons. The van der Waals surface area contributed by atoms with Gasteiger partial charge in [-0.3, -0.25) is 0 Å². The van der Waals surface area contributed by atoms with Crippen LogP contribution >= 0.6 is 0 Å². The van der Waals surface area contributed by atoms with E-state index in [1.165, 1.54) is 90.4 Å². The fourth-order valence-corrected chi connectivity index (χ4v) is 3.74. The second kappa shape index (κ2) is 7.49. The minimum atomic E-state index is 0.514. The van der Waals surface area contributed by atoms with Crippen LogP contribution in [0.1, 0.15) is 71.1 Å². The first-order valence-electron chi connectivity index (χ1n) is 8.32. The van der Waals surface area contributed by atoms with Gasteiger partial charge in [0.2, 0.25) is 0 Å². The standard InChI is InChI=1S/C16H32N2/c1-2-3-4-5-6-9-13-18-14-12-17-16(15-18)10-7-8-11-16/h17H,2-15H2,1H3. The van der Waals surface area contributed by atoms with Gasteiger partial charge < -0.3 is 10.2 Å². The summed E-state index contributed by atoms with van der Waals surface area (Å²) in [5.74, 6) is 0. The molecule has 0 amide bonds. The fraction of sp³-hybridized carbons (Fsp3) is 1.00. The second-order valence-electron chi connectivity index (χ2n) is 6.46. The molecular weight excluding hydrogens is 220 g/mol. The number of nitrogens with zero attached hydrogens (tertiary/aromatic N) is 1. The number of unbranched alkanes of at least 4 members (excludes halogenated alkanes) is 5. The Morgan fingerprint density at radius 2 is 1.72 bits per heavy atom. The van der Waals surface area contributed by atoms with Crippen molar-refractivity contribution in [3.63, 3.8) is 0 Å². The first kappa shape index (κ1) is 14.3. The number of hydrogen-bond donors (Lipinski definition) is 1. The Kier molecular flexibility index (Phi) is 5.97. The van der Waals surface area contributed by atoms with Crippen molar-refractivity contribution in [3.8, 4) is 0 Å². The lowest BCUT2D eigenvalue weighted by Gasteiger charge is -2.41. The van der Waals surface area contributed by atoms with E-state index in [-0.39, 0.29) is 0 Å². The van der Waals surface area contributed by atoms with Crippen molar-refractivity contribution in [2.45, 2.75) is 76.7 Å². The minimum absolute atomic E-state index is 0.514. The van der Waals surface area contributed by atoms with Crippen LogP contribution in [-0.4, -0.2) is 36.6 Å². The van der Waals surface area contributed by atoms with Gasteiger partial charge in [-0.05, 0) is 25.8 Å². The Morgan fingerprint density at radius 1 is 1.00 bits per heavy atom. The zero-order valence-corrected chi connectivity index (χ0v) is 12.3. The zero-order valence-electron chi connectivity index (χ0n) is 12.3. The molecule has 1 spiro atoms. The Labute approximate surface area is 114 Å². The van der Waals surface area contributed by atoms with E-state index < -0.39 is 0 Å². The number of nitrogens with one attached hydrogen (secondary N) is 1. The van der Waals surface area contributed by atoms with E-state index in [1.54, 1.807) is 0 Å². The highest BCUT2D eigenvalue weighted by Crippen LogP contribution is 2.31. The van der Waals surface area contributed by atoms with E-state index in [4.69, 9.17) is 0 Å². The van der Waals surface area contributed by atoms with Crippen LogP contribution in [0.25, 0.3) is 0 Å². The van der Waals surface area contributed by atoms with Gasteiger partial charge in [0.1, 0.15) is 0 Å². The Bertz CT molecular complexity index is 221. The van der Waals surface area contributed by atoms with Gasteiger partial charge in [0, 0.05) is 25.2 Å². The summed E-state index contributed by atoms with van der Waals surface area (Å²) >= 11 is 0. The molecule has 0 aromatic rings. The topological polar surface area (TPSA) is 15.3 Å². The molecule has 2 heteroatoms. The van der Waals surface area contributed by atoms with Crippen LogP contribution in [0, 0.1) is 0 Å². The molecule has 1 aliphatic heterocycles. The van der Waals surface area contributed by atoms with Gasteiger partial charge in [0.15, 0.2) is 0 Å². The average Bonchev–Trinajstić information content (AvgIpc) is 2.82. The van der Waals surface area contributed by atoms with Crippen molar-refractivity contribution in [1.82, 2.24) is 10.2 Å². The van der Waals surface area contributed by atoms with Gasteiger partial charge >= 0.3 is 0 Å². The van der Waals surface area contributed by atoms with Crippen LogP contribution in [-0.2, 0) is 0 Å². The summed E-state index contributed by atoms with van der Waals surface area (Å²) in [5.41, 5.74) is 0.514. The first-order chi connectivity index (χ1) is 8.85. The molecule has 0 atom stereocenters. The van der Waals surface area contributed by atoms with Gasteiger partial charge in [0.05, 0.1) is 0 Å². The van der Waals surface area contributed by atoms with E-state index >= 15 is 0 Å². The molecule has 2 nitrogen and oxygen atoms in total. The van der Waals surface area contributed by atoms with Crippen molar-refractivity contribution in [3.05, 3.63) is 0 Å². The molecule has 106 valence electrons. The third kappa shape index (κ3) is 4.24. The Morgan fingerprint density at radius 3 is 2.50 bits per heavy atom. The summed E-state index contributed by atoms with van der Waals surface area (Å²) in [4.78, 5) is 2.72. The maximum atomic E-state index is 3.80. The van der Waals surface area contributed by atoms with Crippen LogP contribution in [0.4, 0.5) is 0 Å². The van der Waals surface area contributed by atoms with Gasteiger partial charge in [-0.1, -0.05) is 51.9 Å². The number of rotatable bonds is 7. The van der Waals surface area contributed by atoms with Crippen LogP contribution in [0.5, 0.6) is 0 Å². The normalized spacial score (nSPS) is 23.8. The van der Waals surface area contributed by atoms with Crippen molar-refractivity contribution in [2.24, 2.45) is 0 Å². The first-order valence-corrected chi connectivity index (χ1v) is 8.32. The molecule has 0 aromatic heterocycles. The lowest BCUT2D eigenvalue weighted by Crippen LogP contribution is -2.59. The zero-order chi connectivity index (χ0) is 12.7. The van der Waals surface area contributed by atoms with E-state index in [1.807, 2.05) is 0 Å². The molecule has 1 saturated carbocycles. The molecule has 2 aliphatic rings. The lowest BCUT2D eigenvalue weighted by atomic mass is 9.94. The maximum absolute atomic E-state index is 3.80. The summed E-state index contributed by atoms with van der Waals surface area (Å²) in [5, 5.41) is 3.80. The van der Waals surface area contributed by atoms with Crippen LogP contribution in [0.15, 0.2) is 0 Å². The number of hydrogen-bond acceptors (Lipinski definition) is 2.